The molecule has 12 atom stereocenters. The van der Waals surface area contributed by atoms with Gasteiger partial charge in [0.1, 0.15) is 24.4 Å². The molecule has 1 aromatic carbocycles. The number of fused-ring (bicyclic) bond motifs is 2. The molecule has 1 aromatic rings. The second kappa shape index (κ2) is 12.0. The van der Waals surface area contributed by atoms with Crippen LogP contribution in [-0.4, -0.2) is 82.2 Å². The largest absolute Gasteiger partial charge is 0.462 e. The van der Waals surface area contributed by atoms with Gasteiger partial charge in [-0.05, 0) is 19.1 Å². The molecule has 12 nitrogen and oxygen atoms in total. The van der Waals surface area contributed by atoms with Gasteiger partial charge < -0.3 is 33.5 Å². The fourth-order valence-electron chi connectivity index (χ4n) is 8.07. The Labute approximate surface area is 271 Å². The molecule has 2 bridgehead atoms. The molecule has 0 aromatic heterocycles. The Morgan fingerprint density at radius 1 is 0.957 bits per heavy atom. The first-order valence-electron chi connectivity index (χ1n) is 15.2. The van der Waals surface area contributed by atoms with E-state index in [1.54, 1.807) is 44.2 Å². The lowest BCUT2D eigenvalue weighted by atomic mass is 9.51. The second-order valence-electron chi connectivity index (χ2n) is 13.0. The van der Waals surface area contributed by atoms with Crippen LogP contribution in [0.3, 0.4) is 0 Å². The Morgan fingerprint density at radius 2 is 1.54 bits per heavy atom. The van der Waals surface area contributed by atoms with Crippen LogP contribution in [0.1, 0.15) is 64.7 Å². The Balaban J connectivity index is 1.77. The van der Waals surface area contributed by atoms with E-state index in [1.165, 1.54) is 27.7 Å². The minimum atomic E-state index is -2.31. The van der Waals surface area contributed by atoms with E-state index in [2.05, 4.69) is 6.58 Å². The fourth-order valence-corrected chi connectivity index (χ4v) is 8.49. The van der Waals surface area contributed by atoms with E-state index in [4.69, 9.17) is 40.0 Å². The molecule has 1 spiro atoms. The average Bonchev–Trinajstić information content (AvgIpc) is 3.22. The van der Waals surface area contributed by atoms with Crippen molar-refractivity contribution >= 4 is 41.4 Å². The van der Waals surface area contributed by atoms with Crippen LogP contribution in [0.15, 0.2) is 42.5 Å². The van der Waals surface area contributed by atoms with Gasteiger partial charge in [0.25, 0.3) is 0 Å². The third-order valence-corrected chi connectivity index (χ3v) is 10.8. The molecule has 46 heavy (non-hydrogen) atoms. The number of esters is 5. The van der Waals surface area contributed by atoms with E-state index < -0.39 is 107 Å². The maximum absolute atomic E-state index is 13.4. The molecule has 250 valence electrons. The lowest BCUT2D eigenvalue weighted by Crippen LogP contribution is -2.76. The zero-order valence-electron chi connectivity index (χ0n) is 26.5. The summed E-state index contributed by atoms with van der Waals surface area (Å²) < 4.78 is 36.2. The monoisotopic (exact) mass is 662 g/mol. The number of halogens is 1. The molecule has 0 radical (unpaired) electrons. The minimum Gasteiger partial charge on any atom is -0.462 e. The summed E-state index contributed by atoms with van der Waals surface area (Å²) in [4.78, 5) is 64.9. The van der Waals surface area contributed by atoms with Crippen LogP contribution in [0.25, 0.3) is 0 Å². The van der Waals surface area contributed by atoms with Crippen LogP contribution in [-0.2, 0) is 47.6 Å². The normalized spacial score (nSPS) is 41.4. The quantitative estimate of drug-likeness (QED) is 0.212. The van der Waals surface area contributed by atoms with Gasteiger partial charge in [-0.2, -0.15) is 0 Å². The van der Waals surface area contributed by atoms with Crippen LogP contribution >= 0.6 is 11.6 Å². The first-order valence-corrected chi connectivity index (χ1v) is 15.6. The zero-order chi connectivity index (χ0) is 33.9. The number of carbonyl (C=O) groups excluding carboxylic acids is 5. The van der Waals surface area contributed by atoms with Gasteiger partial charge >= 0.3 is 29.8 Å². The van der Waals surface area contributed by atoms with Crippen molar-refractivity contribution in [2.24, 2.45) is 23.2 Å². The lowest BCUT2D eigenvalue weighted by Gasteiger charge is -2.63. The lowest BCUT2D eigenvalue weighted by molar-refractivity contribution is -0.355. The molecule has 1 aliphatic carbocycles. The van der Waals surface area contributed by atoms with Gasteiger partial charge in [0.15, 0.2) is 17.5 Å². The van der Waals surface area contributed by atoms with Crippen molar-refractivity contribution in [2.45, 2.75) is 102 Å². The molecule has 4 aliphatic rings. The second-order valence-corrected chi connectivity index (χ2v) is 13.4. The molecule has 13 heteroatoms. The number of carbonyl (C=O) groups is 5. The number of ether oxygens (including phenoxy) is 6. The van der Waals surface area contributed by atoms with E-state index in [-0.39, 0.29) is 17.6 Å². The van der Waals surface area contributed by atoms with Gasteiger partial charge in [0.05, 0.1) is 16.9 Å². The SMILES string of the molecule is C=C1[C@H](Cl)[C@@H]2OC(=O)[C@H](C)[C@]23O[C@@]1(O)CC(OC(C)=O)C1(C)[C@H](C(C)[C@H](OC(=O)c2ccccc2)C[C@@H]1OC(C)=O)C3OC(C)=O. The smallest absolute Gasteiger partial charge is 0.338 e. The number of rotatable bonds is 5. The molecule has 4 unspecified atom stereocenters. The van der Waals surface area contributed by atoms with Crippen LogP contribution in [0.2, 0.25) is 0 Å². The van der Waals surface area contributed by atoms with Gasteiger partial charge in [0, 0.05) is 56.4 Å². The molecule has 5 rings (SSSR count). The highest BCUT2D eigenvalue weighted by Crippen LogP contribution is 2.63. The molecular formula is C33H39ClO12. The molecule has 3 heterocycles. The molecule has 1 saturated carbocycles. The minimum absolute atomic E-state index is 0.0311. The average molecular weight is 663 g/mol. The number of alkyl halides is 1. The van der Waals surface area contributed by atoms with E-state index >= 15 is 0 Å². The Hall–Kier alpha value is -3.48. The predicted molar refractivity (Wildman–Crippen MR) is 159 cm³/mol. The van der Waals surface area contributed by atoms with E-state index in [0.717, 1.165) is 0 Å². The van der Waals surface area contributed by atoms with E-state index in [9.17, 15) is 29.1 Å². The highest BCUT2D eigenvalue weighted by atomic mass is 35.5. The third-order valence-electron chi connectivity index (χ3n) is 10.3. The highest BCUT2D eigenvalue weighted by molar-refractivity contribution is 6.23. The van der Waals surface area contributed by atoms with Gasteiger partial charge in [-0.1, -0.05) is 38.6 Å². The Bertz CT molecular complexity index is 1450. The van der Waals surface area contributed by atoms with Crippen molar-refractivity contribution in [3.05, 3.63) is 48.0 Å². The van der Waals surface area contributed by atoms with Crippen LogP contribution in [0.5, 0.6) is 0 Å². The molecule has 1 N–H and O–H groups in total. The van der Waals surface area contributed by atoms with Crippen molar-refractivity contribution in [1.29, 1.82) is 0 Å². The third kappa shape index (κ3) is 5.28. The Kier molecular flexibility index (Phi) is 8.80. The van der Waals surface area contributed by atoms with Crippen molar-refractivity contribution in [3.8, 4) is 0 Å². The molecule has 0 amide bonds. The van der Waals surface area contributed by atoms with Gasteiger partial charge in [-0.3, -0.25) is 19.2 Å². The topological polar surface area (TPSA) is 161 Å². The summed E-state index contributed by atoms with van der Waals surface area (Å²) in [5, 5.41) is 11.0. The molecule has 3 aliphatic heterocycles. The maximum Gasteiger partial charge on any atom is 0.338 e. The summed E-state index contributed by atoms with van der Waals surface area (Å²) in [6.07, 6.45) is -6.47. The summed E-state index contributed by atoms with van der Waals surface area (Å²) in [5.74, 6) is -8.67. The number of benzene rings is 1. The van der Waals surface area contributed by atoms with Crippen molar-refractivity contribution in [1.82, 2.24) is 0 Å². The number of aliphatic hydroxyl groups is 1. The maximum atomic E-state index is 13.4. The van der Waals surface area contributed by atoms with Gasteiger partial charge in [-0.15, -0.1) is 11.6 Å². The van der Waals surface area contributed by atoms with E-state index in [0.29, 0.717) is 0 Å². The predicted octanol–water partition coefficient (Wildman–Crippen LogP) is 3.26. The molecular weight excluding hydrogens is 624 g/mol. The standard InChI is InChI=1S/C33H39ClO12/c1-15-22(44-30(39)21-11-9-8-10-12-21)13-23(41-18(4)35)31(7)24(42-19(5)36)14-32(40)16(2)26(34)28-33(46-32,17(3)29(38)45-28)27(25(15)31)43-20(6)37/h8-12,15,17,22-28,40H,2,13-14H2,1,3-7H3/t15?,17-,22+,23-,24?,25+,26-,27?,28-,31?,32-,33+/m0/s1. The van der Waals surface area contributed by atoms with Gasteiger partial charge in [0.2, 0.25) is 0 Å². The Morgan fingerprint density at radius 3 is 2.13 bits per heavy atom. The van der Waals surface area contributed by atoms with Crippen molar-refractivity contribution in [3.63, 3.8) is 0 Å². The van der Waals surface area contributed by atoms with Crippen LogP contribution in [0.4, 0.5) is 0 Å². The van der Waals surface area contributed by atoms with Gasteiger partial charge in [-0.25, -0.2) is 4.79 Å². The summed E-state index contributed by atoms with van der Waals surface area (Å²) in [5.41, 5.74) is -3.10. The molecule has 4 fully saturated rings. The number of hydrogen-bond acceptors (Lipinski definition) is 12. The number of hydrogen-bond donors (Lipinski definition) is 1. The van der Waals surface area contributed by atoms with Crippen molar-refractivity contribution in [2.75, 3.05) is 0 Å². The first-order chi connectivity index (χ1) is 21.5. The first kappa shape index (κ1) is 33.9. The van der Waals surface area contributed by atoms with E-state index in [1.807, 2.05) is 0 Å². The highest BCUT2D eigenvalue weighted by Gasteiger charge is 2.77. The molecule has 3 saturated heterocycles. The van der Waals surface area contributed by atoms with Crippen LogP contribution < -0.4 is 0 Å². The summed E-state index contributed by atoms with van der Waals surface area (Å²) in [7, 11) is 0. The summed E-state index contributed by atoms with van der Waals surface area (Å²) in [6, 6.07) is 8.31. The fraction of sp³-hybridized carbons (Fsp3) is 0.606. The zero-order valence-corrected chi connectivity index (χ0v) is 27.3. The summed E-state index contributed by atoms with van der Waals surface area (Å²) in [6.45, 7) is 12.5. The van der Waals surface area contributed by atoms with Crippen LogP contribution in [0, 0.1) is 23.2 Å². The van der Waals surface area contributed by atoms with Crippen molar-refractivity contribution < 1.29 is 57.5 Å². The summed E-state index contributed by atoms with van der Waals surface area (Å²) >= 11 is 6.87.